The fraction of sp³-hybridized carbons (Fsp3) is 0.600. The molecular weight excluding hydrogens is 251 g/mol. The first-order valence-corrected chi connectivity index (χ1v) is 7.06. The van der Waals surface area contributed by atoms with Crippen LogP contribution in [-0.4, -0.2) is 11.2 Å². The fourth-order valence-corrected chi connectivity index (χ4v) is 2.91. The molecule has 100 valence electrons. The van der Waals surface area contributed by atoms with Crippen molar-refractivity contribution >= 4 is 11.6 Å². The van der Waals surface area contributed by atoms with Crippen molar-refractivity contribution in [2.45, 2.75) is 45.1 Å². The second-order valence-corrected chi connectivity index (χ2v) is 5.96. The van der Waals surface area contributed by atoms with E-state index in [0.717, 1.165) is 18.8 Å². The summed E-state index contributed by atoms with van der Waals surface area (Å²) in [6, 6.07) is 4.66. The lowest BCUT2D eigenvalue weighted by Gasteiger charge is -2.30. The normalized spacial score (nSPS) is 26.0. The molecular formula is C15H20ClFO. The first-order chi connectivity index (χ1) is 8.56. The van der Waals surface area contributed by atoms with Crippen molar-refractivity contribution < 1.29 is 9.50 Å². The molecule has 18 heavy (non-hydrogen) atoms. The van der Waals surface area contributed by atoms with Crippen LogP contribution in [0.15, 0.2) is 18.2 Å². The molecule has 0 spiro atoms. The Bertz CT molecular complexity index is 399. The van der Waals surface area contributed by atoms with Gasteiger partial charge in [-0.25, -0.2) is 4.39 Å². The SMILES string of the molecule is CC1CCC(C(O)Cc2ccc(Cl)cc2F)CC1. The summed E-state index contributed by atoms with van der Waals surface area (Å²) < 4.78 is 13.6. The third-order valence-corrected chi connectivity index (χ3v) is 4.28. The molecule has 1 aliphatic carbocycles. The van der Waals surface area contributed by atoms with Crippen LogP contribution in [0.5, 0.6) is 0 Å². The highest BCUT2D eigenvalue weighted by Crippen LogP contribution is 2.31. The Morgan fingerprint density at radius 1 is 1.33 bits per heavy atom. The monoisotopic (exact) mass is 270 g/mol. The van der Waals surface area contributed by atoms with Crippen LogP contribution in [0, 0.1) is 17.7 Å². The van der Waals surface area contributed by atoms with Gasteiger partial charge in [0.1, 0.15) is 5.82 Å². The Labute approximate surface area is 113 Å². The highest BCUT2D eigenvalue weighted by molar-refractivity contribution is 6.30. The van der Waals surface area contributed by atoms with Gasteiger partial charge in [-0.3, -0.25) is 0 Å². The van der Waals surface area contributed by atoms with Crippen molar-refractivity contribution in [2.75, 3.05) is 0 Å². The van der Waals surface area contributed by atoms with Gasteiger partial charge >= 0.3 is 0 Å². The molecule has 0 saturated heterocycles. The Morgan fingerprint density at radius 3 is 2.61 bits per heavy atom. The molecule has 0 aromatic heterocycles. The number of benzene rings is 1. The molecule has 1 nitrogen and oxygen atoms in total. The van der Waals surface area contributed by atoms with E-state index in [1.807, 2.05) is 0 Å². The number of aliphatic hydroxyl groups excluding tert-OH is 1. The molecule has 3 heteroatoms. The van der Waals surface area contributed by atoms with E-state index >= 15 is 0 Å². The van der Waals surface area contributed by atoms with Crippen LogP contribution in [0.1, 0.15) is 38.2 Å². The molecule has 0 amide bonds. The quantitative estimate of drug-likeness (QED) is 0.872. The Hall–Kier alpha value is -0.600. The Morgan fingerprint density at radius 2 is 2.00 bits per heavy atom. The molecule has 1 fully saturated rings. The predicted molar refractivity (Wildman–Crippen MR) is 72.2 cm³/mol. The van der Waals surface area contributed by atoms with Crippen LogP contribution >= 0.6 is 11.6 Å². The zero-order chi connectivity index (χ0) is 13.1. The van der Waals surface area contributed by atoms with Crippen molar-refractivity contribution in [2.24, 2.45) is 11.8 Å². The first kappa shape index (κ1) is 13.8. The molecule has 2 rings (SSSR count). The lowest BCUT2D eigenvalue weighted by Crippen LogP contribution is -2.27. The van der Waals surface area contributed by atoms with Crippen molar-refractivity contribution in [3.63, 3.8) is 0 Å². The van der Waals surface area contributed by atoms with Crippen LogP contribution in [0.3, 0.4) is 0 Å². The second-order valence-electron chi connectivity index (χ2n) is 5.53. The smallest absolute Gasteiger partial charge is 0.127 e. The molecule has 0 heterocycles. The minimum atomic E-state index is -0.437. The summed E-state index contributed by atoms with van der Waals surface area (Å²) in [6.07, 6.45) is 4.40. The topological polar surface area (TPSA) is 20.2 Å². The molecule has 1 aliphatic rings. The van der Waals surface area contributed by atoms with E-state index in [9.17, 15) is 9.50 Å². The van der Waals surface area contributed by atoms with Gasteiger partial charge in [0.25, 0.3) is 0 Å². The maximum atomic E-state index is 13.6. The Kier molecular flexibility index (Phi) is 4.63. The molecule has 0 radical (unpaired) electrons. The van der Waals surface area contributed by atoms with E-state index in [4.69, 9.17) is 11.6 Å². The van der Waals surface area contributed by atoms with Crippen LogP contribution < -0.4 is 0 Å². The summed E-state index contributed by atoms with van der Waals surface area (Å²) in [5, 5.41) is 10.6. The summed E-state index contributed by atoms with van der Waals surface area (Å²) in [7, 11) is 0. The molecule has 0 aliphatic heterocycles. The molecule has 0 bridgehead atoms. The van der Waals surface area contributed by atoms with Gasteiger partial charge in [-0.15, -0.1) is 0 Å². The molecule has 1 aromatic carbocycles. The fourth-order valence-electron chi connectivity index (χ4n) is 2.75. The largest absolute Gasteiger partial charge is 0.392 e. The average molecular weight is 271 g/mol. The van der Waals surface area contributed by atoms with Crippen molar-refractivity contribution in [3.8, 4) is 0 Å². The summed E-state index contributed by atoms with van der Waals surface area (Å²) in [5.74, 6) is 0.766. The maximum absolute atomic E-state index is 13.6. The molecule has 1 aromatic rings. The van der Waals surface area contributed by atoms with Crippen LogP contribution in [0.25, 0.3) is 0 Å². The van der Waals surface area contributed by atoms with Crippen molar-refractivity contribution in [3.05, 3.63) is 34.6 Å². The maximum Gasteiger partial charge on any atom is 0.127 e. The number of halogens is 2. The Balaban J connectivity index is 1.96. The van der Waals surface area contributed by atoms with Gasteiger partial charge < -0.3 is 5.11 Å². The van der Waals surface area contributed by atoms with E-state index in [-0.39, 0.29) is 5.82 Å². The summed E-state index contributed by atoms with van der Waals surface area (Å²) in [5.41, 5.74) is 0.561. The zero-order valence-electron chi connectivity index (χ0n) is 10.7. The third-order valence-electron chi connectivity index (χ3n) is 4.05. The minimum absolute atomic E-state index is 0.314. The molecule has 1 atom stereocenters. The molecule has 1 N–H and O–H groups in total. The number of rotatable bonds is 3. The van der Waals surface area contributed by atoms with Gasteiger partial charge in [0.05, 0.1) is 6.10 Å². The number of hydrogen-bond acceptors (Lipinski definition) is 1. The van der Waals surface area contributed by atoms with Gasteiger partial charge in [-0.2, -0.15) is 0 Å². The lowest BCUT2D eigenvalue weighted by molar-refractivity contribution is 0.0754. The van der Waals surface area contributed by atoms with Crippen LogP contribution in [0.4, 0.5) is 4.39 Å². The summed E-state index contributed by atoms with van der Waals surface area (Å²) in [4.78, 5) is 0. The predicted octanol–water partition coefficient (Wildman–Crippen LogP) is 4.21. The minimum Gasteiger partial charge on any atom is -0.392 e. The molecule has 1 saturated carbocycles. The van der Waals surface area contributed by atoms with Crippen molar-refractivity contribution in [1.29, 1.82) is 0 Å². The standard InChI is InChI=1S/C15H20ClFO/c1-10-2-4-11(5-3-10)15(18)8-12-6-7-13(16)9-14(12)17/h6-7,9-11,15,18H,2-5,8H2,1H3. The molecule has 1 unspecified atom stereocenters. The van der Waals surface area contributed by atoms with Gasteiger partial charge in [0.15, 0.2) is 0 Å². The zero-order valence-corrected chi connectivity index (χ0v) is 11.5. The van der Waals surface area contributed by atoms with Crippen LogP contribution in [-0.2, 0) is 6.42 Å². The lowest BCUT2D eigenvalue weighted by atomic mass is 9.79. The van der Waals surface area contributed by atoms with Gasteiger partial charge in [0, 0.05) is 11.4 Å². The number of hydrogen-bond donors (Lipinski definition) is 1. The first-order valence-electron chi connectivity index (χ1n) is 6.68. The van der Waals surface area contributed by atoms with Crippen molar-refractivity contribution in [1.82, 2.24) is 0 Å². The van der Waals surface area contributed by atoms with Gasteiger partial charge in [0.2, 0.25) is 0 Å². The summed E-state index contributed by atoms with van der Waals surface area (Å²) >= 11 is 5.72. The van der Waals surface area contributed by atoms with E-state index in [1.54, 1.807) is 12.1 Å². The third kappa shape index (κ3) is 3.46. The van der Waals surface area contributed by atoms with E-state index in [2.05, 4.69) is 6.92 Å². The average Bonchev–Trinajstić information content (AvgIpc) is 2.33. The van der Waals surface area contributed by atoms with Gasteiger partial charge in [-0.05, 0) is 42.4 Å². The van der Waals surface area contributed by atoms with Crippen LogP contribution in [0.2, 0.25) is 5.02 Å². The second kappa shape index (κ2) is 6.03. The number of aliphatic hydroxyl groups is 1. The van der Waals surface area contributed by atoms with E-state index < -0.39 is 6.10 Å². The highest BCUT2D eigenvalue weighted by Gasteiger charge is 2.25. The van der Waals surface area contributed by atoms with Gasteiger partial charge in [-0.1, -0.05) is 37.4 Å². The summed E-state index contributed by atoms with van der Waals surface area (Å²) in [6.45, 7) is 2.25. The van der Waals surface area contributed by atoms with E-state index in [0.29, 0.717) is 22.9 Å². The highest BCUT2D eigenvalue weighted by atomic mass is 35.5. The van der Waals surface area contributed by atoms with E-state index in [1.165, 1.54) is 18.9 Å².